The first-order chi connectivity index (χ1) is 15.7. The van der Waals surface area contributed by atoms with Crippen LogP contribution in [0.15, 0.2) is 48.5 Å². The first-order valence-corrected chi connectivity index (χ1v) is 10.8. The Labute approximate surface area is 189 Å². The van der Waals surface area contributed by atoms with Gasteiger partial charge in [-0.3, -0.25) is 4.79 Å². The third-order valence-corrected chi connectivity index (χ3v) is 5.90. The quantitative estimate of drug-likeness (QED) is 0.649. The van der Waals surface area contributed by atoms with Gasteiger partial charge in [0.1, 0.15) is 6.04 Å². The number of benzene rings is 2. The van der Waals surface area contributed by atoms with Crippen LogP contribution in [0.4, 0.5) is 35.0 Å². The number of hydrogen-bond acceptors (Lipinski definition) is 4. The summed E-state index contributed by atoms with van der Waals surface area (Å²) in [5, 5.41) is 14.8. The number of nitrogens with zero attached hydrogens (tertiary/aromatic N) is 2. The van der Waals surface area contributed by atoms with E-state index in [9.17, 15) is 27.9 Å². The van der Waals surface area contributed by atoms with Gasteiger partial charge in [-0.05, 0) is 67.8 Å². The summed E-state index contributed by atoms with van der Waals surface area (Å²) in [6.45, 7) is 1.89. The van der Waals surface area contributed by atoms with Crippen molar-refractivity contribution in [2.45, 2.75) is 37.6 Å². The van der Waals surface area contributed by atoms with Crippen molar-refractivity contribution in [3.63, 3.8) is 0 Å². The van der Waals surface area contributed by atoms with Crippen LogP contribution in [0.5, 0.6) is 0 Å². The van der Waals surface area contributed by atoms with Crippen LogP contribution < -0.4 is 20.4 Å². The topological polar surface area (TPSA) is 84.9 Å². The third kappa shape index (κ3) is 5.39. The molecule has 0 radical (unpaired) electrons. The Balaban J connectivity index is 1.35. The minimum absolute atomic E-state index is 0.197. The van der Waals surface area contributed by atoms with Gasteiger partial charge in [0.05, 0.1) is 11.7 Å². The highest BCUT2D eigenvalue weighted by Gasteiger charge is 2.32. The average Bonchev–Trinajstić information content (AvgIpc) is 3.21. The monoisotopic (exact) mass is 462 g/mol. The predicted molar refractivity (Wildman–Crippen MR) is 118 cm³/mol. The number of halogens is 3. The van der Waals surface area contributed by atoms with E-state index in [1.807, 2.05) is 24.3 Å². The number of alkyl halides is 3. The van der Waals surface area contributed by atoms with Crippen LogP contribution in [0.2, 0.25) is 0 Å². The summed E-state index contributed by atoms with van der Waals surface area (Å²) in [5.41, 5.74) is 1.09. The van der Waals surface area contributed by atoms with Crippen LogP contribution >= 0.6 is 0 Å². The van der Waals surface area contributed by atoms with Gasteiger partial charge in [-0.2, -0.15) is 13.2 Å². The van der Waals surface area contributed by atoms with Crippen molar-refractivity contribution in [1.29, 1.82) is 0 Å². The minimum atomic E-state index is -4.45. The zero-order chi connectivity index (χ0) is 23.6. The molecule has 2 atom stereocenters. The Morgan fingerprint density at radius 1 is 0.970 bits per heavy atom. The Bertz CT molecular complexity index is 996. The van der Waals surface area contributed by atoms with Gasteiger partial charge in [-0.15, -0.1) is 0 Å². The molecule has 3 N–H and O–H groups in total. The summed E-state index contributed by atoms with van der Waals surface area (Å²) < 4.78 is 38.0. The molecule has 33 heavy (non-hydrogen) atoms. The van der Waals surface area contributed by atoms with E-state index in [-0.39, 0.29) is 17.7 Å². The van der Waals surface area contributed by atoms with E-state index < -0.39 is 23.8 Å². The molecular formula is C23H25F3N4O3. The molecule has 176 valence electrons. The van der Waals surface area contributed by atoms with Crippen LogP contribution in [-0.4, -0.2) is 48.8 Å². The fraction of sp³-hybridized carbons (Fsp3) is 0.391. The lowest BCUT2D eigenvalue weighted by molar-refractivity contribution is -0.137. The fourth-order valence-electron chi connectivity index (χ4n) is 4.15. The van der Waals surface area contributed by atoms with Gasteiger partial charge in [0, 0.05) is 36.7 Å². The third-order valence-electron chi connectivity index (χ3n) is 5.90. The molecule has 2 unspecified atom stereocenters. The van der Waals surface area contributed by atoms with E-state index >= 15 is 0 Å². The Hall–Kier alpha value is -3.27. The maximum absolute atomic E-state index is 13.0. The molecule has 3 amide bonds. The largest absolute Gasteiger partial charge is 0.416 e. The molecular weight excluding hydrogens is 437 g/mol. The summed E-state index contributed by atoms with van der Waals surface area (Å²) in [4.78, 5) is 29.0. The number of carbonyl (C=O) groups is 2. The van der Waals surface area contributed by atoms with Crippen LogP contribution in [0.3, 0.4) is 0 Å². The second-order valence-corrected chi connectivity index (χ2v) is 8.26. The predicted octanol–water partition coefficient (Wildman–Crippen LogP) is 3.59. The number of nitrogens with one attached hydrogen (secondary N) is 2. The molecule has 2 heterocycles. The maximum Gasteiger partial charge on any atom is 0.416 e. The number of aliphatic hydroxyl groups is 1. The van der Waals surface area contributed by atoms with Crippen molar-refractivity contribution >= 4 is 29.0 Å². The van der Waals surface area contributed by atoms with Gasteiger partial charge in [-0.1, -0.05) is 0 Å². The number of anilines is 3. The van der Waals surface area contributed by atoms with Crippen LogP contribution in [0.25, 0.3) is 0 Å². The van der Waals surface area contributed by atoms with Crippen LogP contribution in [0.1, 0.15) is 24.8 Å². The van der Waals surface area contributed by atoms with Crippen molar-refractivity contribution in [3.8, 4) is 0 Å². The summed E-state index contributed by atoms with van der Waals surface area (Å²) >= 11 is 0. The first-order valence-electron chi connectivity index (χ1n) is 10.8. The first kappa shape index (κ1) is 22.9. The van der Waals surface area contributed by atoms with Crippen LogP contribution in [-0.2, 0) is 11.0 Å². The van der Waals surface area contributed by atoms with Crippen molar-refractivity contribution in [2.75, 3.05) is 34.8 Å². The lowest BCUT2D eigenvalue weighted by atomic mass is 10.0. The van der Waals surface area contributed by atoms with E-state index in [0.29, 0.717) is 25.9 Å². The van der Waals surface area contributed by atoms with E-state index in [4.69, 9.17) is 0 Å². The van der Waals surface area contributed by atoms with Crippen molar-refractivity contribution < 1.29 is 27.9 Å². The van der Waals surface area contributed by atoms with E-state index in [1.54, 1.807) is 4.90 Å². The van der Waals surface area contributed by atoms with Gasteiger partial charge < -0.3 is 25.5 Å². The molecule has 0 spiro atoms. The molecule has 2 aromatic rings. The Morgan fingerprint density at radius 3 is 2.24 bits per heavy atom. The van der Waals surface area contributed by atoms with Crippen molar-refractivity contribution in [2.24, 2.45) is 0 Å². The summed E-state index contributed by atoms with van der Waals surface area (Å²) in [7, 11) is 0. The van der Waals surface area contributed by atoms with E-state index in [2.05, 4.69) is 15.5 Å². The molecule has 0 aliphatic carbocycles. The van der Waals surface area contributed by atoms with Gasteiger partial charge in [0.25, 0.3) is 0 Å². The number of carbonyl (C=O) groups excluding carboxylic acids is 2. The van der Waals surface area contributed by atoms with E-state index in [1.165, 1.54) is 12.1 Å². The SMILES string of the molecule is O=C(Nc1ccc(C(F)(F)F)cc1)NC1CCCN(c2ccc(N3CCC(O)C3)cc2)C1=O. The van der Waals surface area contributed by atoms with Gasteiger partial charge in [-0.25, -0.2) is 4.79 Å². The number of amides is 3. The molecule has 10 heteroatoms. The second kappa shape index (κ2) is 9.30. The number of rotatable bonds is 4. The second-order valence-electron chi connectivity index (χ2n) is 8.26. The molecule has 0 saturated carbocycles. The molecule has 2 aliphatic rings. The molecule has 2 saturated heterocycles. The Kier molecular flexibility index (Phi) is 6.46. The molecule has 2 fully saturated rings. The highest BCUT2D eigenvalue weighted by atomic mass is 19.4. The summed E-state index contributed by atoms with van der Waals surface area (Å²) in [6.07, 6.45) is -2.88. The lowest BCUT2D eigenvalue weighted by Gasteiger charge is -2.33. The molecule has 4 rings (SSSR count). The zero-order valence-electron chi connectivity index (χ0n) is 17.8. The number of hydrogen-bond donors (Lipinski definition) is 3. The summed E-state index contributed by atoms with van der Waals surface area (Å²) in [6, 6.07) is 10.2. The van der Waals surface area contributed by atoms with Crippen molar-refractivity contribution in [3.05, 3.63) is 54.1 Å². The lowest BCUT2D eigenvalue weighted by Crippen LogP contribution is -2.53. The fourth-order valence-corrected chi connectivity index (χ4v) is 4.15. The molecule has 0 bridgehead atoms. The van der Waals surface area contributed by atoms with Gasteiger partial charge in [0.15, 0.2) is 0 Å². The standard InChI is InChI=1S/C23H25F3N4O3/c24-23(25,26)15-3-5-16(6-4-15)27-22(33)28-20-2-1-12-30(21(20)32)18-9-7-17(8-10-18)29-13-11-19(31)14-29/h3-10,19-20,31H,1-2,11-14H2,(H2,27,28,33). The number of β-amino-alcohol motifs (C(OH)–C–C–N with tert-alkyl or cyclic N) is 1. The number of piperidine rings is 1. The number of aliphatic hydroxyl groups excluding tert-OH is 1. The van der Waals surface area contributed by atoms with Crippen molar-refractivity contribution in [1.82, 2.24) is 5.32 Å². The Morgan fingerprint density at radius 2 is 1.64 bits per heavy atom. The van der Waals surface area contributed by atoms with Gasteiger partial charge >= 0.3 is 12.2 Å². The zero-order valence-corrected chi connectivity index (χ0v) is 17.8. The highest BCUT2D eigenvalue weighted by molar-refractivity contribution is 6.01. The minimum Gasteiger partial charge on any atom is -0.391 e. The molecule has 0 aromatic heterocycles. The van der Waals surface area contributed by atoms with E-state index in [0.717, 1.165) is 36.5 Å². The maximum atomic E-state index is 13.0. The molecule has 2 aromatic carbocycles. The van der Waals surface area contributed by atoms with Gasteiger partial charge in [0.2, 0.25) is 5.91 Å². The average molecular weight is 462 g/mol. The van der Waals surface area contributed by atoms with Crippen LogP contribution in [0, 0.1) is 0 Å². The normalized spacial score (nSPS) is 21.3. The molecule has 2 aliphatic heterocycles. The number of urea groups is 1. The molecule has 7 nitrogen and oxygen atoms in total. The smallest absolute Gasteiger partial charge is 0.391 e. The summed E-state index contributed by atoms with van der Waals surface area (Å²) in [5.74, 6) is -0.242. The highest BCUT2D eigenvalue weighted by Crippen LogP contribution is 2.30.